The van der Waals surface area contributed by atoms with Gasteiger partial charge in [0.2, 0.25) is 0 Å². The molecule has 0 aromatic carbocycles. The van der Waals surface area contributed by atoms with Gasteiger partial charge in [0.05, 0.1) is 11.3 Å². The smallest absolute Gasteiger partial charge is 0.383 e. The molecule has 4 rings (SSSR count). The van der Waals surface area contributed by atoms with Gasteiger partial charge < -0.3 is 16.0 Å². The van der Waals surface area contributed by atoms with Crippen LogP contribution in [0.1, 0.15) is 35.8 Å². The van der Waals surface area contributed by atoms with Crippen LogP contribution in [-0.2, 0) is 12.0 Å². The number of urea groups is 1. The van der Waals surface area contributed by atoms with Gasteiger partial charge in [-0.3, -0.25) is 9.48 Å². The maximum absolute atomic E-state index is 12.8. The summed E-state index contributed by atoms with van der Waals surface area (Å²) in [6, 6.07) is 2.78. The number of amides is 2. The van der Waals surface area contributed by atoms with E-state index in [1.807, 2.05) is 17.7 Å². The number of nitrogens with one attached hydrogen (secondary N) is 1. The summed E-state index contributed by atoms with van der Waals surface area (Å²) in [5.74, 6) is -2.51. The fraction of sp³-hybridized carbons (Fsp3) is 0.474. The first-order valence-corrected chi connectivity index (χ1v) is 9.63. The number of hydrogen-bond donors (Lipinski definition) is 2. The highest BCUT2D eigenvalue weighted by atomic mass is 19.4. The molecule has 30 heavy (non-hydrogen) atoms. The van der Waals surface area contributed by atoms with E-state index in [-0.39, 0.29) is 17.0 Å². The van der Waals surface area contributed by atoms with E-state index in [1.54, 1.807) is 4.90 Å². The van der Waals surface area contributed by atoms with E-state index >= 15 is 0 Å². The number of carbonyl (C=O) groups is 2. The number of Topliss-reactive ketones (excluding diaryl/α,β-unsaturated/α-hetero) is 1. The first-order chi connectivity index (χ1) is 14.1. The standard InChI is InChI=1S/C19H21F3N6O2/c1-2-24-17(30)27-5-3-18(10-27)4-6-28-14(18)8-13(26-28)11-7-12(16(23)25-9-11)15(29)19(20,21)22/h7-9H,2-6,10H2,1H3,(H2,23,25)(H,24,30). The zero-order valence-electron chi connectivity index (χ0n) is 16.3. The zero-order valence-corrected chi connectivity index (χ0v) is 16.3. The number of alkyl halides is 3. The number of anilines is 1. The summed E-state index contributed by atoms with van der Waals surface area (Å²) in [4.78, 5) is 29.4. The van der Waals surface area contributed by atoms with Gasteiger partial charge in [0.25, 0.3) is 5.78 Å². The molecule has 2 aliphatic rings. The van der Waals surface area contributed by atoms with E-state index < -0.39 is 23.3 Å². The van der Waals surface area contributed by atoms with Crippen LogP contribution < -0.4 is 11.1 Å². The first-order valence-electron chi connectivity index (χ1n) is 9.63. The fourth-order valence-electron chi connectivity index (χ4n) is 4.28. The Balaban J connectivity index is 1.64. The number of aryl methyl sites for hydroxylation is 1. The number of nitrogens with zero attached hydrogens (tertiary/aromatic N) is 4. The molecule has 0 bridgehead atoms. The first kappa shape index (κ1) is 20.2. The Morgan fingerprint density at radius 2 is 2.00 bits per heavy atom. The maximum Gasteiger partial charge on any atom is 0.455 e. The van der Waals surface area contributed by atoms with E-state index in [0.717, 1.165) is 24.6 Å². The Hall–Kier alpha value is -3.11. The third-order valence-corrected chi connectivity index (χ3v) is 5.81. The lowest BCUT2D eigenvalue weighted by atomic mass is 9.82. The van der Waals surface area contributed by atoms with Crippen molar-refractivity contribution in [3.05, 3.63) is 29.6 Å². The lowest BCUT2D eigenvalue weighted by molar-refractivity contribution is -0.0884. The molecule has 3 N–H and O–H groups in total. The van der Waals surface area contributed by atoms with Gasteiger partial charge in [-0.15, -0.1) is 0 Å². The highest BCUT2D eigenvalue weighted by molar-refractivity contribution is 6.04. The van der Waals surface area contributed by atoms with Crippen LogP contribution in [0.25, 0.3) is 11.3 Å². The number of likely N-dealkylation sites (tertiary alicyclic amines) is 1. The highest BCUT2D eigenvalue weighted by Gasteiger charge is 2.47. The zero-order chi connectivity index (χ0) is 21.7. The Kier molecular flexibility index (Phi) is 4.70. The number of aromatic nitrogens is 3. The van der Waals surface area contributed by atoms with Crippen LogP contribution in [0.15, 0.2) is 18.3 Å². The average Bonchev–Trinajstić information content (AvgIpc) is 3.38. The van der Waals surface area contributed by atoms with Crippen LogP contribution >= 0.6 is 0 Å². The van der Waals surface area contributed by atoms with Gasteiger partial charge in [0.1, 0.15) is 5.82 Å². The third kappa shape index (κ3) is 3.27. The molecule has 2 aromatic heterocycles. The second-order valence-electron chi connectivity index (χ2n) is 7.66. The second kappa shape index (κ2) is 6.99. The second-order valence-corrected chi connectivity index (χ2v) is 7.66. The summed E-state index contributed by atoms with van der Waals surface area (Å²) in [5.41, 5.74) is 6.22. The topological polar surface area (TPSA) is 106 Å². The fourth-order valence-corrected chi connectivity index (χ4v) is 4.28. The van der Waals surface area contributed by atoms with Gasteiger partial charge in [0, 0.05) is 49.0 Å². The lowest BCUT2D eigenvalue weighted by Crippen LogP contribution is -2.40. The molecule has 0 aliphatic carbocycles. The predicted molar refractivity (Wildman–Crippen MR) is 102 cm³/mol. The largest absolute Gasteiger partial charge is 0.455 e. The SMILES string of the molecule is CCNC(=O)N1CCC2(CCn3nc(-c4cnc(N)c(C(=O)C(F)(F)F)c4)cc32)C1. The van der Waals surface area contributed by atoms with Crippen LogP contribution in [0.2, 0.25) is 0 Å². The predicted octanol–water partition coefficient (Wildman–Crippen LogP) is 2.35. The van der Waals surface area contributed by atoms with Gasteiger partial charge in [-0.1, -0.05) is 0 Å². The average molecular weight is 422 g/mol. The molecule has 160 valence electrons. The van der Waals surface area contributed by atoms with Crippen LogP contribution in [0.4, 0.5) is 23.8 Å². The maximum atomic E-state index is 12.8. The highest BCUT2D eigenvalue weighted by Crippen LogP contribution is 2.43. The molecule has 2 amide bonds. The van der Waals surface area contributed by atoms with Crippen molar-refractivity contribution >= 4 is 17.6 Å². The Morgan fingerprint density at radius 1 is 1.27 bits per heavy atom. The van der Waals surface area contributed by atoms with Gasteiger partial charge in [0.15, 0.2) is 0 Å². The van der Waals surface area contributed by atoms with E-state index in [2.05, 4.69) is 15.4 Å². The van der Waals surface area contributed by atoms with E-state index in [9.17, 15) is 22.8 Å². The van der Waals surface area contributed by atoms with Crippen LogP contribution in [0, 0.1) is 0 Å². The Bertz CT molecular complexity index is 1020. The number of pyridine rings is 1. The molecule has 2 aliphatic heterocycles. The number of ketones is 1. The summed E-state index contributed by atoms with van der Waals surface area (Å²) in [7, 11) is 0. The molecule has 2 aromatic rings. The molecule has 4 heterocycles. The van der Waals surface area contributed by atoms with Crippen molar-refractivity contribution in [2.45, 2.75) is 37.9 Å². The van der Waals surface area contributed by atoms with Crippen LogP contribution in [0.3, 0.4) is 0 Å². The molecule has 1 spiro atoms. The third-order valence-electron chi connectivity index (χ3n) is 5.81. The Labute approximate surface area is 170 Å². The molecule has 1 atom stereocenters. The van der Waals surface area contributed by atoms with Gasteiger partial charge in [-0.25, -0.2) is 9.78 Å². The summed E-state index contributed by atoms with van der Waals surface area (Å²) in [6.45, 7) is 4.24. The molecule has 1 fully saturated rings. The Morgan fingerprint density at radius 3 is 2.70 bits per heavy atom. The van der Waals surface area contributed by atoms with Crippen LogP contribution in [-0.4, -0.2) is 57.3 Å². The van der Waals surface area contributed by atoms with Crippen molar-refractivity contribution < 1.29 is 22.8 Å². The minimum absolute atomic E-state index is 0.106. The quantitative estimate of drug-likeness (QED) is 0.739. The van der Waals surface area contributed by atoms with Crippen LogP contribution in [0.5, 0.6) is 0 Å². The molecular formula is C19H21F3N6O2. The van der Waals surface area contributed by atoms with Crippen molar-refractivity contribution in [1.82, 2.24) is 25.0 Å². The summed E-state index contributed by atoms with van der Waals surface area (Å²) >= 11 is 0. The van der Waals surface area contributed by atoms with Crippen molar-refractivity contribution in [1.29, 1.82) is 0 Å². The summed E-state index contributed by atoms with van der Waals surface area (Å²) in [6.07, 6.45) is -2.11. The van der Waals surface area contributed by atoms with Gasteiger partial charge in [-0.05, 0) is 31.9 Å². The van der Waals surface area contributed by atoms with E-state index in [4.69, 9.17) is 5.73 Å². The molecule has 0 saturated carbocycles. The van der Waals surface area contributed by atoms with Crippen molar-refractivity contribution in [2.24, 2.45) is 0 Å². The molecule has 1 saturated heterocycles. The number of rotatable bonds is 3. The number of nitrogen functional groups attached to an aromatic ring is 1. The minimum Gasteiger partial charge on any atom is -0.383 e. The molecule has 11 heteroatoms. The van der Waals surface area contributed by atoms with Crippen molar-refractivity contribution in [3.8, 4) is 11.3 Å². The lowest BCUT2D eigenvalue weighted by Gasteiger charge is -2.23. The molecule has 0 radical (unpaired) electrons. The number of hydrogen-bond acceptors (Lipinski definition) is 5. The number of halogens is 3. The van der Waals surface area contributed by atoms with Crippen molar-refractivity contribution in [2.75, 3.05) is 25.4 Å². The van der Waals surface area contributed by atoms with E-state index in [0.29, 0.717) is 31.9 Å². The normalized spacial score (nSPS) is 20.6. The molecule has 1 unspecified atom stereocenters. The summed E-state index contributed by atoms with van der Waals surface area (Å²) < 4.78 is 40.4. The van der Waals surface area contributed by atoms with E-state index in [1.165, 1.54) is 6.20 Å². The number of fused-ring (bicyclic) bond motifs is 2. The monoisotopic (exact) mass is 422 g/mol. The number of nitrogens with two attached hydrogens (primary N) is 1. The molecular weight excluding hydrogens is 401 g/mol. The summed E-state index contributed by atoms with van der Waals surface area (Å²) in [5, 5.41) is 7.31. The molecule has 8 nitrogen and oxygen atoms in total. The van der Waals surface area contributed by atoms with Gasteiger partial charge in [-0.2, -0.15) is 18.3 Å². The van der Waals surface area contributed by atoms with Gasteiger partial charge >= 0.3 is 12.2 Å². The van der Waals surface area contributed by atoms with Crippen molar-refractivity contribution in [3.63, 3.8) is 0 Å². The minimum atomic E-state index is -5.04. The number of carbonyl (C=O) groups excluding carboxylic acids is 2.